The van der Waals surface area contributed by atoms with E-state index in [0.717, 1.165) is 12.8 Å². The maximum atomic E-state index is 10.5. The van der Waals surface area contributed by atoms with Crippen LogP contribution < -0.4 is 0 Å². The summed E-state index contributed by atoms with van der Waals surface area (Å²) in [7, 11) is 0. The van der Waals surface area contributed by atoms with Gasteiger partial charge in [-0.25, -0.2) is 4.79 Å². The van der Waals surface area contributed by atoms with Gasteiger partial charge in [-0.05, 0) is 12.8 Å². The highest BCUT2D eigenvalue weighted by Crippen LogP contribution is 2.40. The van der Waals surface area contributed by atoms with E-state index in [9.17, 15) is 4.79 Å². The summed E-state index contributed by atoms with van der Waals surface area (Å²) in [6.45, 7) is 0. The number of carboxylic acid groups (broad SMARTS) is 1. The SMILES string of the molecule is O=C(O)c1cc(Cl)c(C2CCC2)o1. The number of halogens is 1. The molecule has 70 valence electrons. The molecular weight excluding hydrogens is 192 g/mol. The third-order valence-corrected chi connectivity index (χ3v) is 2.70. The van der Waals surface area contributed by atoms with Crippen LogP contribution in [0, 0.1) is 0 Å². The van der Waals surface area contributed by atoms with Crippen molar-refractivity contribution in [2.24, 2.45) is 0 Å². The maximum absolute atomic E-state index is 10.5. The summed E-state index contributed by atoms with van der Waals surface area (Å²) >= 11 is 5.84. The lowest BCUT2D eigenvalue weighted by molar-refractivity contribution is 0.0658. The fraction of sp³-hybridized carbons (Fsp3) is 0.444. The third-order valence-electron chi connectivity index (χ3n) is 2.40. The number of aromatic carboxylic acids is 1. The summed E-state index contributed by atoms with van der Waals surface area (Å²) in [5, 5.41) is 9.09. The fourth-order valence-electron chi connectivity index (χ4n) is 1.44. The minimum Gasteiger partial charge on any atom is -0.475 e. The van der Waals surface area contributed by atoms with Crippen molar-refractivity contribution < 1.29 is 14.3 Å². The van der Waals surface area contributed by atoms with Gasteiger partial charge in [0.25, 0.3) is 0 Å². The van der Waals surface area contributed by atoms with Crippen LogP contribution in [-0.2, 0) is 0 Å². The molecule has 0 aliphatic heterocycles. The van der Waals surface area contributed by atoms with Gasteiger partial charge in [-0.15, -0.1) is 0 Å². The van der Waals surface area contributed by atoms with Gasteiger partial charge in [0, 0.05) is 12.0 Å². The van der Waals surface area contributed by atoms with E-state index >= 15 is 0 Å². The average Bonchev–Trinajstić information content (AvgIpc) is 2.29. The van der Waals surface area contributed by atoms with Gasteiger partial charge in [0.15, 0.2) is 0 Å². The van der Waals surface area contributed by atoms with Crippen LogP contribution >= 0.6 is 11.6 Å². The van der Waals surface area contributed by atoms with E-state index in [1.54, 1.807) is 0 Å². The van der Waals surface area contributed by atoms with Crippen LogP contribution in [0.1, 0.15) is 41.5 Å². The molecule has 1 aromatic rings. The predicted octanol–water partition coefficient (Wildman–Crippen LogP) is 2.90. The van der Waals surface area contributed by atoms with Gasteiger partial charge < -0.3 is 9.52 Å². The molecule has 0 unspecified atom stereocenters. The molecule has 1 N–H and O–H groups in total. The van der Waals surface area contributed by atoms with Gasteiger partial charge in [-0.2, -0.15) is 0 Å². The van der Waals surface area contributed by atoms with Crippen LogP contribution in [0.2, 0.25) is 5.02 Å². The quantitative estimate of drug-likeness (QED) is 0.799. The molecule has 0 amide bonds. The predicted molar refractivity (Wildman–Crippen MR) is 47.3 cm³/mol. The van der Waals surface area contributed by atoms with Gasteiger partial charge in [0.05, 0.1) is 5.02 Å². The second-order valence-electron chi connectivity index (χ2n) is 3.26. The van der Waals surface area contributed by atoms with Crippen molar-refractivity contribution in [3.8, 4) is 0 Å². The summed E-state index contributed by atoms with van der Waals surface area (Å²) in [5.41, 5.74) is 0. The van der Waals surface area contributed by atoms with Gasteiger partial charge >= 0.3 is 5.97 Å². The van der Waals surface area contributed by atoms with Crippen LogP contribution in [0.15, 0.2) is 10.5 Å². The van der Waals surface area contributed by atoms with E-state index in [4.69, 9.17) is 21.1 Å². The molecule has 1 fully saturated rings. The average molecular weight is 201 g/mol. The second kappa shape index (κ2) is 3.07. The lowest BCUT2D eigenvalue weighted by Crippen LogP contribution is -2.07. The Labute approximate surface area is 80.3 Å². The number of carbonyl (C=O) groups is 1. The molecule has 1 aliphatic rings. The monoisotopic (exact) mass is 200 g/mol. The number of rotatable bonds is 2. The van der Waals surface area contributed by atoms with Crippen molar-refractivity contribution in [2.45, 2.75) is 25.2 Å². The van der Waals surface area contributed by atoms with Crippen LogP contribution in [0.5, 0.6) is 0 Å². The number of hydrogen-bond acceptors (Lipinski definition) is 2. The van der Waals surface area contributed by atoms with Crippen molar-refractivity contribution in [1.29, 1.82) is 0 Å². The highest BCUT2D eigenvalue weighted by Gasteiger charge is 2.27. The third kappa shape index (κ3) is 1.44. The molecule has 1 aromatic heterocycles. The van der Waals surface area contributed by atoms with Crippen molar-refractivity contribution in [3.63, 3.8) is 0 Å². The van der Waals surface area contributed by atoms with Gasteiger partial charge in [0.1, 0.15) is 5.76 Å². The van der Waals surface area contributed by atoms with E-state index in [0.29, 0.717) is 16.7 Å². The van der Waals surface area contributed by atoms with Crippen LogP contribution in [0.3, 0.4) is 0 Å². The topological polar surface area (TPSA) is 50.4 Å². The molecule has 0 spiro atoms. The fourth-order valence-corrected chi connectivity index (χ4v) is 1.73. The highest BCUT2D eigenvalue weighted by atomic mass is 35.5. The van der Waals surface area contributed by atoms with Gasteiger partial charge in [-0.1, -0.05) is 18.0 Å². The summed E-state index contributed by atoms with van der Waals surface area (Å²) < 4.78 is 5.15. The minimum absolute atomic E-state index is 0.0631. The molecule has 2 rings (SSSR count). The summed E-state index contributed by atoms with van der Waals surface area (Å²) in [6.07, 6.45) is 3.27. The largest absolute Gasteiger partial charge is 0.475 e. The molecule has 1 saturated carbocycles. The molecule has 0 saturated heterocycles. The van der Waals surface area contributed by atoms with Gasteiger partial charge in [-0.3, -0.25) is 0 Å². The Hall–Kier alpha value is -0.960. The van der Waals surface area contributed by atoms with E-state index in [2.05, 4.69) is 0 Å². The Morgan fingerprint density at radius 2 is 2.31 bits per heavy atom. The van der Waals surface area contributed by atoms with E-state index in [1.165, 1.54) is 12.5 Å². The number of hydrogen-bond donors (Lipinski definition) is 1. The van der Waals surface area contributed by atoms with E-state index in [1.807, 2.05) is 0 Å². The van der Waals surface area contributed by atoms with Crippen LogP contribution in [-0.4, -0.2) is 11.1 Å². The van der Waals surface area contributed by atoms with E-state index in [-0.39, 0.29) is 5.76 Å². The second-order valence-corrected chi connectivity index (χ2v) is 3.66. The lowest BCUT2D eigenvalue weighted by Gasteiger charge is -2.23. The first-order valence-electron chi connectivity index (χ1n) is 4.21. The molecule has 13 heavy (non-hydrogen) atoms. The Morgan fingerprint density at radius 1 is 1.62 bits per heavy atom. The van der Waals surface area contributed by atoms with Crippen LogP contribution in [0.4, 0.5) is 0 Å². The molecule has 3 nitrogen and oxygen atoms in total. The van der Waals surface area contributed by atoms with Gasteiger partial charge in [0.2, 0.25) is 5.76 Å². The molecular formula is C9H9ClO3. The highest BCUT2D eigenvalue weighted by molar-refractivity contribution is 6.31. The molecule has 4 heteroatoms. The maximum Gasteiger partial charge on any atom is 0.371 e. The summed E-state index contributed by atoms with van der Waals surface area (Å²) in [6, 6.07) is 1.37. The zero-order chi connectivity index (χ0) is 9.42. The Balaban J connectivity index is 2.29. The molecule has 1 aliphatic carbocycles. The Bertz CT molecular complexity index is 339. The zero-order valence-corrected chi connectivity index (χ0v) is 7.67. The zero-order valence-electron chi connectivity index (χ0n) is 6.92. The molecule has 1 heterocycles. The number of carboxylic acids is 1. The standard InChI is InChI=1S/C9H9ClO3/c10-6-4-7(9(11)12)13-8(6)5-2-1-3-5/h4-5H,1-3H2,(H,11,12). The smallest absolute Gasteiger partial charge is 0.371 e. The normalized spacial score (nSPS) is 17.0. The number of furan rings is 1. The van der Waals surface area contributed by atoms with Crippen molar-refractivity contribution in [3.05, 3.63) is 22.6 Å². The summed E-state index contributed by atoms with van der Waals surface area (Å²) in [4.78, 5) is 10.5. The van der Waals surface area contributed by atoms with Crippen molar-refractivity contribution in [1.82, 2.24) is 0 Å². The van der Waals surface area contributed by atoms with Crippen LogP contribution in [0.25, 0.3) is 0 Å². The summed E-state index contributed by atoms with van der Waals surface area (Å²) in [5.74, 6) is -0.148. The molecule has 0 radical (unpaired) electrons. The van der Waals surface area contributed by atoms with Crippen molar-refractivity contribution >= 4 is 17.6 Å². The first-order chi connectivity index (χ1) is 6.18. The van der Waals surface area contributed by atoms with E-state index < -0.39 is 5.97 Å². The molecule has 0 atom stereocenters. The first-order valence-corrected chi connectivity index (χ1v) is 4.59. The minimum atomic E-state index is -1.06. The lowest BCUT2D eigenvalue weighted by atomic mass is 9.84. The van der Waals surface area contributed by atoms with Crippen molar-refractivity contribution in [2.75, 3.05) is 0 Å². The molecule has 0 aromatic carbocycles. The molecule has 0 bridgehead atoms. The first kappa shape index (κ1) is 8.63. The Morgan fingerprint density at radius 3 is 2.69 bits per heavy atom. The Kier molecular flexibility index (Phi) is 2.04.